The van der Waals surface area contributed by atoms with Gasteiger partial charge in [0.25, 0.3) is 5.91 Å². The van der Waals surface area contributed by atoms with E-state index in [2.05, 4.69) is 4.98 Å². The second-order valence-corrected chi connectivity index (χ2v) is 6.88. The van der Waals surface area contributed by atoms with Gasteiger partial charge in [0.2, 0.25) is 0 Å². The molecule has 1 aromatic carbocycles. The van der Waals surface area contributed by atoms with Gasteiger partial charge in [-0.25, -0.2) is 0 Å². The minimum absolute atomic E-state index is 0.0391. The summed E-state index contributed by atoms with van der Waals surface area (Å²) in [6.45, 7) is 1.57. The maximum atomic E-state index is 12.7. The number of hydrogen-bond acceptors (Lipinski definition) is 3. The van der Waals surface area contributed by atoms with Crippen LogP contribution in [-0.2, 0) is 0 Å². The van der Waals surface area contributed by atoms with Crippen LogP contribution in [-0.4, -0.2) is 40.7 Å². The molecule has 0 bridgehead atoms. The number of benzene rings is 1. The van der Waals surface area contributed by atoms with Gasteiger partial charge in [-0.3, -0.25) is 9.59 Å². The van der Waals surface area contributed by atoms with E-state index in [1.165, 1.54) is 0 Å². The number of nitrogens with zero attached hydrogens (tertiary/aromatic N) is 1. The number of carbonyl (C=O) groups excluding carboxylic acids is 2. The number of nitrogens with two attached hydrogens (primary N) is 1. The number of H-pyrrole nitrogens is 1. The van der Waals surface area contributed by atoms with Gasteiger partial charge in [0, 0.05) is 48.2 Å². The summed E-state index contributed by atoms with van der Waals surface area (Å²) in [4.78, 5) is 29.8. The molecule has 4 rings (SSSR count). The van der Waals surface area contributed by atoms with Gasteiger partial charge in [0.05, 0.1) is 0 Å². The molecular formula is C19H21N3O2. The van der Waals surface area contributed by atoms with Crippen molar-refractivity contribution in [1.82, 2.24) is 9.88 Å². The number of rotatable bonds is 3. The molecule has 2 fully saturated rings. The van der Waals surface area contributed by atoms with Gasteiger partial charge < -0.3 is 15.6 Å². The van der Waals surface area contributed by atoms with Crippen LogP contribution >= 0.6 is 0 Å². The minimum atomic E-state index is -0.0445. The Labute approximate surface area is 140 Å². The van der Waals surface area contributed by atoms with Crippen LogP contribution in [0.4, 0.5) is 0 Å². The maximum Gasteiger partial charge on any atom is 0.253 e. The van der Waals surface area contributed by atoms with E-state index in [1.54, 1.807) is 42.7 Å². The van der Waals surface area contributed by atoms with Gasteiger partial charge in [-0.1, -0.05) is 12.1 Å². The molecule has 1 aliphatic heterocycles. The Morgan fingerprint density at radius 1 is 1.00 bits per heavy atom. The summed E-state index contributed by atoms with van der Waals surface area (Å²) in [5.41, 5.74) is 7.99. The number of aromatic amines is 1. The molecule has 0 radical (unpaired) electrons. The third kappa shape index (κ3) is 2.55. The van der Waals surface area contributed by atoms with Crippen molar-refractivity contribution < 1.29 is 9.59 Å². The van der Waals surface area contributed by atoms with Gasteiger partial charge in [-0.2, -0.15) is 0 Å². The Bertz CT molecular complexity index is 751. The van der Waals surface area contributed by atoms with Gasteiger partial charge in [-0.15, -0.1) is 0 Å². The van der Waals surface area contributed by atoms with Crippen molar-refractivity contribution in [2.45, 2.75) is 18.9 Å². The smallest absolute Gasteiger partial charge is 0.253 e. The lowest BCUT2D eigenvalue weighted by atomic mass is 9.98. The number of ketones is 1. The summed E-state index contributed by atoms with van der Waals surface area (Å²) in [7, 11) is 0. The third-order valence-corrected chi connectivity index (χ3v) is 5.45. The Hall–Kier alpha value is -2.40. The molecule has 124 valence electrons. The van der Waals surface area contributed by atoms with Crippen LogP contribution in [0, 0.1) is 11.8 Å². The van der Waals surface area contributed by atoms with E-state index in [-0.39, 0.29) is 17.7 Å². The van der Waals surface area contributed by atoms with E-state index in [1.807, 2.05) is 4.90 Å². The fourth-order valence-electron chi connectivity index (χ4n) is 4.05. The average molecular weight is 323 g/mol. The lowest BCUT2D eigenvalue weighted by molar-refractivity contribution is 0.0779. The first-order valence-electron chi connectivity index (χ1n) is 8.46. The van der Waals surface area contributed by atoms with E-state index >= 15 is 0 Å². The second kappa shape index (κ2) is 5.91. The van der Waals surface area contributed by atoms with Crippen LogP contribution in [0.15, 0.2) is 42.7 Å². The molecule has 24 heavy (non-hydrogen) atoms. The van der Waals surface area contributed by atoms with Crippen molar-refractivity contribution in [3.63, 3.8) is 0 Å². The van der Waals surface area contributed by atoms with Gasteiger partial charge >= 0.3 is 0 Å². The van der Waals surface area contributed by atoms with Crippen LogP contribution in [0.3, 0.4) is 0 Å². The van der Waals surface area contributed by atoms with Crippen molar-refractivity contribution in [1.29, 1.82) is 0 Å². The van der Waals surface area contributed by atoms with E-state index in [9.17, 15) is 9.59 Å². The summed E-state index contributed by atoms with van der Waals surface area (Å²) in [5, 5.41) is 0. The topological polar surface area (TPSA) is 79.2 Å². The highest BCUT2D eigenvalue weighted by atomic mass is 16.2. The van der Waals surface area contributed by atoms with Crippen molar-refractivity contribution >= 4 is 11.7 Å². The molecule has 1 amide bonds. The van der Waals surface area contributed by atoms with Crippen molar-refractivity contribution in [3.8, 4) is 0 Å². The van der Waals surface area contributed by atoms with Crippen LogP contribution in [0.25, 0.3) is 0 Å². The highest BCUT2D eigenvalue weighted by molar-refractivity contribution is 6.09. The SMILES string of the molecule is NC1CCC2CN(C(=O)c3ccc(C(=O)c4cc[nH]c4)cc3)CC12. The average Bonchev–Trinajstić information content (AvgIpc) is 3.33. The number of nitrogens with one attached hydrogen (secondary N) is 1. The number of hydrogen-bond donors (Lipinski definition) is 2. The second-order valence-electron chi connectivity index (χ2n) is 6.88. The van der Waals surface area contributed by atoms with Crippen molar-refractivity contribution in [3.05, 3.63) is 59.4 Å². The van der Waals surface area contributed by atoms with Gasteiger partial charge in [0.1, 0.15) is 0 Å². The number of amides is 1. The molecule has 3 atom stereocenters. The zero-order chi connectivity index (χ0) is 16.7. The lowest BCUT2D eigenvalue weighted by Gasteiger charge is -2.19. The number of carbonyl (C=O) groups is 2. The molecule has 1 aliphatic carbocycles. The molecule has 5 nitrogen and oxygen atoms in total. The molecule has 1 saturated carbocycles. The Morgan fingerprint density at radius 3 is 2.42 bits per heavy atom. The van der Waals surface area contributed by atoms with Crippen molar-refractivity contribution in [2.75, 3.05) is 13.1 Å². The fraction of sp³-hybridized carbons (Fsp3) is 0.368. The first-order valence-corrected chi connectivity index (χ1v) is 8.46. The summed E-state index contributed by atoms with van der Waals surface area (Å²) in [6, 6.07) is 8.92. The molecule has 2 heterocycles. The quantitative estimate of drug-likeness (QED) is 0.849. The zero-order valence-corrected chi connectivity index (χ0v) is 13.4. The number of likely N-dealkylation sites (tertiary alicyclic amines) is 1. The minimum Gasteiger partial charge on any atom is -0.367 e. The predicted octanol–water partition coefficient (Wildman–Crippen LogP) is 2.06. The van der Waals surface area contributed by atoms with Crippen LogP contribution in [0.1, 0.15) is 39.1 Å². The first kappa shape index (κ1) is 15.1. The molecule has 2 aliphatic rings. The van der Waals surface area contributed by atoms with Crippen LogP contribution in [0.5, 0.6) is 0 Å². The van der Waals surface area contributed by atoms with E-state index < -0.39 is 0 Å². The van der Waals surface area contributed by atoms with E-state index in [4.69, 9.17) is 5.73 Å². The summed E-state index contributed by atoms with van der Waals surface area (Å²) >= 11 is 0. The van der Waals surface area contributed by atoms with Gasteiger partial charge in [0.15, 0.2) is 5.78 Å². The maximum absolute atomic E-state index is 12.7. The Balaban J connectivity index is 1.47. The zero-order valence-electron chi connectivity index (χ0n) is 13.4. The van der Waals surface area contributed by atoms with Gasteiger partial charge in [-0.05, 0) is 42.9 Å². The molecule has 1 saturated heterocycles. The van der Waals surface area contributed by atoms with E-state index in [0.717, 1.165) is 25.9 Å². The number of aromatic nitrogens is 1. The standard InChI is InChI=1S/C19H21N3O2/c20-17-6-5-15-10-22(11-16(15)17)19(24)13-3-1-12(2-4-13)18(23)14-7-8-21-9-14/h1-4,7-9,15-17,21H,5-6,10-11,20H2. The third-order valence-electron chi connectivity index (χ3n) is 5.45. The summed E-state index contributed by atoms with van der Waals surface area (Å²) in [5.74, 6) is 0.996. The van der Waals surface area contributed by atoms with Crippen molar-refractivity contribution in [2.24, 2.45) is 17.6 Å². The molecular weight excluding hydrogens is 302 g/mol. The molecule has 3 N–H and O–H groups in total. The van der Waals surface area contributed by atoms with Crippen LogP contribution < -0.4 is 5.73 Å². The van der Waals surface area contributed by atoms with Crippen LogP contribution in [0.2, 0.25) is 0 Å². The van der Waals surface area contributed by atoms with E-state index in [0.29, 0.717) is 28.5 Å². The fourth-order valence-corrected chi connectivity index (χ4v) is 4.05. The first-order chi connectivity index (χ1) is 11.6. The molecule has 0 spiro atoms. The monoisotopic (exact) mass is 323 g/mol. The molecule has 1 aromatic heterocycles. The summed E-state index contributed by atoms with van der Waals surface area (Å²) in [6.07, 6.45) is 5.60. The highest BCUT2D eigenvalue weighted by Crippen LogP contribution is 2.37. The normalized spacial score (nSPS) is 25.7. The highest BCUT2D eigenvalue weighted by Gasteiger charge is 2.42. The molecule has 5 heteroatoms. The Kier molecular flexibility index (Phi) is 3.73. The molecule has 2 aromatic rings. The molecule has 3 unspecified atom stereocenters. The Morgan fingerprint density at radius 2 is 1.75 bits per heavy atom. The number of fused-ring (bicyclic) bond motifs is 1. The summed E-state index contributed by atoms with van der Waals surface area (Å²) < 4.78 is 0. The largest absolute Gasteiger partial charge is 0.367 e. The predicted molar refractivity (Wildman–Crippen MR) is 90.8 cm³/mol. The lowest BCUT2D eigenvalue weighted by Crippen LogP contribution is -2.33.